The number of aromatic nitrogens is 1. The number of nitrogens with zero attached hydrogens (tertiary/aromatic N) is 1. The molecule has 1 N–H and O–H groups in total. The van der Waals surface area contributed by atoms with Crippen molar-refractivity contribution in [1.82, 2.24) is 4.98 Å². The Kier molecular flexibility index (Phi) is 3.46. The third kappa shape index (κ3) is 2.65. The summed E-state index contributed by atoms with van der Waals surface area (Å²) in [5, 5.41) is 9.45. The molecule has 1 aliphatic carbocycles. The first-order chi connectivity index (χ1) is 8.12. The quantitative estimate of drug-likeness (QED) is 0.870. The van der Waals surface area contributed by atoms with Crippen LogP contribution in [-0.2, 0) is 11.2 Å². The van der Waals surface area contributed by atoms with Crippen molar-refractivity contribution in [2.75, 3.05) is 0 Å². The van der Waals surface area contributed by atoms with Gasteiger partial charge >= 0.3 is 5.97 Å². The Balaban J connectivity index is 2.03. The first-order valence-corrected chi connectivity index (χ1v) is 6.25. The van der Waals surface area contributed by atoms with Gasteiger partial charge in [-0.05, 0) is 55.7 Å². The van der Waals surface area contributed by atoms with Crippen LogP contribution in [0.15, 0.2) is 24.5 Å². The first kappa shape index (κ1) is 12.1. The van der Waals surface area contributed by atoms with Gasteiger partial charge in [0.05, 0.1) is 5.41 Å². The lowest BCUT2D eigenvalue weighted by atomic mass is 9.80. The van der Waals surface area contributed by atoms with Gasteiger partial charge < -0.3 is 5.11 Å². The lowest BCUT2D eigenvalue weighted by Gasteiger charge is -2.24. The number of aliphatic carboxylic acids is 1. The molecule has 2 unspecified atom stereocenters. The maximum atomic E-state index is 11.5. The number of hydrogen-bond donors (Lipinski definition) is 1. The smallest absolute Gasteiger partial charge is 0.309 e. The molecule has 0 amide bonds. The van der Waals surface area contributed by atoms with E-state index in [4.69, 9.17) is 0 Å². The van der Waals surface area contributed by atoms with Crippen molar-refractivity contribution in [1.29, 1.82) is 0 Å². The van der Waals surface area contributed by atoms with E-state index in [0.29, 0.717) is 5.92 Å². The summed E-state index contributed by atoms with van der Waals surface area (Å²) in [7, 11) is 0. The summed E-state index contributed by atoms with van der Waals surface area (Å²) in [5.41, 5.74) is 0.697. The molecule has 1 aromatic heterocycles. The standard InChI is InChI=1S/C14H19NO2/c1-11-2-6-14(10-11,13(16)17)7-3-12-4-8-15-9-5-12/h4-5,8-9,11H,2-3,6-7,10H2,1H3,(H,16,17). The van der Waals surface area contributed by atoms with Crippen molar-refractivity contribution < 1.29 is 9.90 Å². The molecule has 1 aromatic rings. The van der Waals surface area contributed by atoms with Gasteiger partial charge in [-0.15, -0.1) is 0 Å². The van der Waals surface area contributed by atoms with E-state index in [0.717, 1.165) is 32.1 Å². The van der Waals surface area contributed by atoms with Gasteiger partial charge in [-0.25, -0.2) is 0 Å². The molecule has 1 aliphatic rings. The Hall–Kier alpha value is -1.38. The van der Waals surface area contributed by atoms with Gasteiger partial charge in [-0.2, -0.15) is 0 Å². The van der Waals surface area contributed by atoms with Crippen LogP contribution in [0.4, 0.5) is 0 Å². The highest BCUT2D eigenvalue weighted by atomic mass is 16.4. The highest BCUT2D eigenvalue weighted by molar-refractivity contribution is 5.75. The molecular formula is C14H19NO2. The zero-order valence-corrected chi connectivity index (χ0v) is 10.2. The minimum absolute atomic E-state index is 0.483. The molecule has 92 valence electrons. The number of rotatable bonds is 4. The largest absolute Gasteiger partial charge is 0.481 e. The summed E-state index contributed by atoms with van der Waals surface area (Å²) in [6, 6.07) is 3.93. The van der Waals surface area contributed by atoms with Crippen molar-refractivity contribution >= 4 is 5.97 Å². The van der Waals surface area contributed by atoms with Crippen molar-refractivity contribution in [3.05, 3.63) is 30.1 Å². The molecule has 17 heavy (non-hydrogen) atoms. The molecule has 0 radical (unpaired) electrons. The van der Waals surface area contributed by atoms with Gasteiger partial charge in [0.2, 0.25) is 0 Å². The van der Waals surface area contributed by atoms with E-state index in [1.807, 2.05) is 12.1 Å². The Bertz CT molecular complexity index is 390. The second-order valence-electron chi connectivity index (χ2n) is 5.29. The molecule has 1 heterocycles. The molecule has 0 spiro atoms. The summed E-state index contributed by atoms with van der Waals surface area (Å²) in [6.45, 7) is 2.15. The van der Waals surface area contributed by atoms with E-state index in [1.54, 1.807) is 12.4 Å². The summed E-state index contributed by atoms with van der Waals surface area (Å²) >= 11 is 0. The van der Waals surface area contributed by atoms with Crippen LogP contribution >= 0.6 is 0 Å². The van der Waals surface area contributed by atoms with Crippen LogP contribution in [0, 0.1) is 11.3 Å². The number of carboxylic acid groups (broad SMARTS) is 1. The lowest BCUT2D eigenvalue weighted by molar-refractivity contribution is -0.149. The first-order valence-electron chi connectivity index (χ1n) is 6.25. The van der Waals surface area contributed by atoms with Gasteiger partial charge in [-0.1, -0.05) is 6.92 Å². The van der Waals surface area contributed by atoms with E-state index in [2.05, 4.69) is 11.9 Å². The maximum absolute atomic E-state index is 11.5. The predicted molar refractivity (Wildman–Crippen MR) is 65.6 cm³/mol. The second kappa shape index (κ2) is 4.86. The molecule has 1 fully saturated rings. The van der Waals surface area contributed by atoms with Crippen LogP contribution in [0.5, 0.6) is 0 Å². The molecule has 2 rings (SSSR count). The van der Waals surface area contributed by atoms with E-state index < -0.39 is 11.4 Å². The minimum atomic E-state index is -0.615. The Morgan fingerprint density at radius 3 is 2.76 bits per heavy atom. The highest BCUT2D eigenvalue weighted by Crippen LogP contribution is 2.45. The number of pyridine rings is 1. The molecule has 0 aliphatic heterocycles. The maximum Gasteiger partial charge on any atom is 0.309 e. The monoisotopic (exact) mass is 233 g/mol. The number of carbonyl (C=O) groups is 1. The number of hydrogen-bond acceptors (Lipinski definition) is 2. The third-order valence-corrected chi connectivity index (χ3v) is 3.95. The third-order valence-electron chi connectivity index (χ3n) is 3.95. The molecule has 0 saturated heterocycles. The van der Waals surface area contributed by atoms with Crippen LogP contribution in [-0.4, -0.2) is 16.1 Å². The van der Waals surface area contributed by atoms with Crippen LogP contribution in [0.2, 0.25) is 0 Å². The van der Waals surface area contributed by atoms with E-state index in [1.165, 1.54) is 5.56 Å². The predicted octanol–water partition coefficient (Wildman–Crippen LogP) is 2.91. The molecular weight excluding hydrogens is 214 g/mol. The highest BCUT2D eigenvalue weighted by Gasteiger charge is 2.43. The number of aryl methyl sites for hydroxylation is 1. The lowest BCUT2D eigenvalue weighted by Crippen LogP contribution is -2.28. The van der Waals surface area contributed by atoms with E-state index in [-0.39, 0.29) is 0 Å². The zero-order valence-electron chi connectivity index (χ0n) is 10.2. The fourth-order valence-electron chi connectivity index (χ4n) is 2.86. The van der Waals surface area contributed by atoms with Crippen LogP contribution in [0.3, 0.4) is 0 Å². The zero-order chi connectivity index (χ0) is 12.3. The molecule has 2 atom stereocenters. The van der Waals surface area contributed by atoms with Gasteiger partial charge in [0, 0.05) is 12.4 Å². The van der Waals surface area contributed by atoms with E-state index in [9.17, 15) is 9.90 Å². The Morgan fingerprint density at radius 2 is 2.24 bits per heavy atom. The normalized spacial score (nSPS) is 28.2. The average Bonchev–Trinajstić information content (AvgIpc) is 2.71. The SMILES string of the molecule is CC1CCC(CCc2ccncc2)(C(=O)O)C1. The van der Waals surface area contributed by atoms with Crippen LogP contribution in [0.1, 0.15) is 38.2 Å². The molecule has 3 heteroatoms. The summed E-state index contributed by atoms with van der Waals surface area (Å²) in [4.78, 5) is 15.5. The summed E-state index contributed by atoms with van der Waals surface area (Å²) in [6.07, 6.45) is 7.81. The second-order valence-corrected chi connectivity index (χ2v) is 5.29. The fraction of sp³-hybridized carbons (Fsp3) is 0.571. The molecule has 0 bridgehead atoms. The molecule has 0 aromatic carbocycles. The number of carboxylic acids is 1. The van der Waals surface area contributed by atoms with Gasteiger partial charge in [0.1, 0.15) is 0 Å². The van der Waals surface area contributed by atoms with Crippen molar-refractivity contribution in [2.45, 2.75) is 39.0 Å². The van der Waals surface area contributed by atoms with Crippen LogP contribution < -0.4 is 0 Å². The Morgan fingerprint density at radius 1 is 1.53 bits per heavy atom. The van der Waals surface area contributed by atoms with Gasteiger partial charge in [0.15, 0.2) is 0 Å². The summed E-state index contributed by atoms with van der Waals surface area (Å²) in [5.74, 6) is -0.0700. The van der Waals surface area contributed by atoms with Crippen molar-refractivity contribution in [3.63, 3.8) is 0 Å². The summed E-state index contributed by atoms with van der Waals surface area (Å²) < 4.78 is 0. The molecule has 3 nitrogen and oxygen atoms in total. The van der Waals surface area contributed by atoms with Crippen LogP contribution in [0.25, 0.3) is 0 Å². The van der Waals surface area contributed by atoms with Crippen molar-refractivity contribution in [3.8, 4) is 0 Å². The van der Waals surface area contributed by atoms with Gasteiger partial charge in [-0.3, -0.25) is 9.78 Å². The Labute approximate surface area is 102 Å². The van der Waals surface area contributed by atoms with E-state index >= 15 is 0 Å². The fourth-order valence-corrected chi connectivity index (χ4v) is 2.86. The van der Waals surface area contributed by atoms with Gasteiger partial charge in [0.25, 0.3) is 0 Å². The topological polar surface area (TPSA) is 50.2 Å². The van der Waals surface area contributed by atoms with Crippen molar-refractivity contribution in [2.24, 2.45) is 11.3 Å². The minimum Gasteiger partial charge on any atom is -0.481 e. The molecule has 1 saturated carbocycles. The average molecular weight is 233 g/mol.